The van der Waals surface area contributed by atoms with Gasteiger partial charge in [-0.3, -0.25) is 0 Å². The van der Waals surface area contributed by atoms with E-state index in [0.29, 0.717) is 37.1 Å². The molecule has 4 aromatic rings. The Bertz CT molecular complexity index is 1390. The fourth-order valence-electron chi connectivity index (χ4n) is 4.47. The predicted octanol–water partition coefficient (Wildman–Crippen LogP) is 5.72. The number of carbonyl (C=O) groups is 1. The summed E-state index contributed by atoms with van der Waals surface area (Å²) in [6.45, 7) is 9.01. The summed E-state index contributed by atoms with van der Waals surface area (Å²) < 4.78 is 1.83. The minimum absolute atomic E-state index is 0.0808. The van der Waals surface area contributed by atoms with E-state index in [9.17, 15) is 4.79 Å². The summed E-state index contributed by atoms with van der Waals surface area (Å²) in [7, 11) is 0. The highest BCUT2D eigenvalue weighted by Gasteiger charge is 2.25. The van der Waals surface area contributed by atoms with Crippen molar-refractivity contribution in [1.82, 2.24) is 24.6 Å². The number of nitrogens with one attached hydrogen (secondary N) is 1. The van der Waals surface area contributed by atoms with Gasteiger partial charge in [-0.25, -0.2) is 19.4 Å². The second kappa shape index (κ2) is 10.8. The van der Waals surface area contributed by atoms with Crippen LogP contribution in [0.5, 0.6) is 0 Å². The van der Waals surface area contributed by atoms with Crippen molar-refractivity contribution in [2.45, 2.75) is 33.6 Å². The number of amides is 2. The number of rotatable bonds is 6. The van der Waals surface area contributed by atoms with Gasteiger partial charge in [0.25, 0.3) is 0 Å². The van der Waals surface area contributed by atoms with Crippen molar-refractivity contribution in [2.75, 3.05) is 36.4 Å². The fourth-order valence-corrected chi connectivity index (χ4v) is 4.65. The van der Waals surface area contributed by atoms with E-state index < -0.39 is 0 Å². The summed E-state index contributed by atoms with van der Waals surface area (Å²) in [6, 6.07) is 15.4. The summed E-state index contributed by atoms with van der Waals surface area (Å²) in [5, 5.41) is 9.20. The zero-order valence-electron chi connectivity index (χ0n) is 21.5. The highest BCUT2D eigenvalue weighted by molar-refractivity contribution is 6.30. The molecule has 9 heteroatoms. The number of urea groups is 1. The Balaban J connectivity index is 1.39. The van der Waals surface area contributed by atoms with Crippen molar-refractivity contribution in [3.05, 3.63) is 71.1 Å². The Morgan fingerprint density at radius 2 is 1.81 bits per heavy atom. The van der Waals surface area contributed by atoms with Gasteiger partial charge in [0.2, 0.25) is 0 Å². The van der Waals surface area contributed by atoms with Gasteiger partial charge in [0, 0.05) is 43.3 Å². The molecule has 1 fully saturated rings. The Kier molecular flexibility index (Phi) is 7.28. The molecule has 2 amide bonds. The van der Waals surface area contributed by atoms with Crippen LogP contribution in [0.1, 0.15) is 31.7 Å². The van der Waals surface area contributed by atoms with Crippen LogP contribution in [-0.2, 0) is 6.42 Å². The van der Waals surface area contributed by atoms with Crippen LogP contribution in [0.4, 0.5) is 16.3 Å². The maximum absolute atomic E-state index is 12.8. The first-order valence-corrected chi connectivity index (χ1v) is 13.1. The second-order valence-corrected chi connectivity index (χ2v) is 10.4. The molecule has 2 aromatic carbocycles. The number of anilines is 2. The maximum atomic E-state index is 12.8. The van der Waals surface area contributed by atoms with Gasteiger partial charge < -0.3 is 15.1 Å². The summed E-state index contributed by atoms with van der Waals surface area (Å²) in [6.07, 6.45) is 3.62. The van der Waals surface area contributed by atoms with Crippen molar-refractivity contribution in [1.29, 1.82) is 0 Å². The van der Waals surface area contributed by atoms with E-state index in [-0.39, 0.29) is 6.03 Å². The molecule has 192 valence electrons. The Labute approximate surface area is 222 Å². The predicted molar refractivity (Wildman–Crippen MR) is 149 cm³/mol. The number of hydrogen-bond donors (Lipinski definition) is 1. The van der Waals surface area contributed by atoms with Crippen LogP contribution in [0.15, 0.2) is 54.7 Å². The third-order valence-electron chi connectivity index (χ3n) is 6.62. The second-order valence-electron chi connectivity index (χ2n) is 9.94. The molecule has 8 nitrogen and oxygen atoms in total. The molecule has 2 aromatic heterocycles. The van der Waals surface area contributed by atoms with Crippen LogP contribution in [0.25, 0.3) is 16.7 Å². The molecule has 0 radical (unpaired) electrons. The van der Waals surface area contributed by atoms with Gasteiger partial charge in [0.1, 0.15) is 11.6 Å². The lowest BCUT2D eigenvalue weighted by Gasteiger charge is -2.35. The van der Waals surface area contributed by atoms with E-state index in [2.05, 4.69) is 29.2 Å². The minimum Gasteiger partial charge on any atom is -0.352 e. The maximum Gasteiger partial charge on any atom is 0.321 e. The van der Waals surface area contributed by atoms with Gasteiger partial charge in [-0.2, -0.15) is 5.10 Å². The van der Waals surface area contributed by atoms with Gasteiger partial charge in [0.05, 0.1) is 17.3 Å². The highest BCUT2D eigenvalue weighted by atomic mass is 35.5. The molecular weight excluding hydrogens is 486 g/mol. The largest absolute Gasteiger partial charge is 0.352 e. The summed E-state index contributed by atoms with van der Waals surface area (Å²) in [5.74, 6) is 2.23. The van der Waals surface area contributed by atoms with Gasteiger partial charge in [-0.05, 0) is 49.6 Å². The number of hydrogen-bond acceptors (Lipinski definition) is 5. The van der Waals surface area contributed by atoms with Crippen molar-refractivity contribution >= 4 is 40.2 Å². The average Bonchev–Trinajstić information content (AvgIpc) is 3.32. The van der Waals surface area contributed by atoms with Crippen LogP contribution in [0, 0.1) is 12.8 Å². The normalized spacial score (nSPS) is 14.0. The minimum atomic E-state index is -0.0808. The van der Waals surface area contributed by atoms with Crippen LogP contribution in [0.3, 0.4) is 0 Å². The fraction of sp³-hybridized carbons (Fsp3) is 0.357. The molecular formula is C28H32ClN7O. The van der Waals surface area contributed by atoms with Gasteiger partial charge >= 0.3 is 6.03 Å². The lowest BCUT2D eigenvalue weighted by atomic mass is 10.1. The Morgan fingerprint density at radius 1 is 1.05 bits per heavy atom. The monoisotopic (exact) mass is 517 g/mol. The molecule has 0 unspecified atom stereocenters. The lowest BCUT2D eigenvalue weighted by Crippen LogP contribution is -2.50. The Hall–Kier alpha value is -3.65. The lowest BCUT2D eigenvalue weighted by molar-refractivity contribution is 0.208. The highest BCUT2D eigenvalue weighted by Crippen LogP contribution is 2.28. The average molecular weight is 518 g/mol. The van der Waals surface area contributed by atoms with Gasteiger partial charge in [-0.1, -0.05) is 49.2 Å². The number of aryl methyl sites for hydroxylation is 2. The molecule has 1 aliphatic heterocycles. The molecule has 0 atom stereocenters. The molecule has 37 heavy (non-hydrogen) atoms. The van der Waals surface area contributed by atoms with E-state index in [1.165, 1.54) is 0 Å². The molecule has 5 rings (SSSR count). The number of benzene rings is 2. The standard InChI is InChI=1S/C28H32ClN7O/c1-19(2)7-12-25-32-26(24-18-30-36(27(24)33-25)23-6-4-5-21(29)17-23)34-13-15-35(16-14-34)28(37)31-22-10-8-20(3)9-11-22/h4-6,8-11,17-19H,7,12-16H2,1-3H3,(H,31,37). The number of piperazine rings is 1. The number of nitrogens with zero attached hydrogens (tertiary/aromatic N) is 6. The third kappa shape index (κ3) is 5.69. The molecule has 1 saturated heterocycles. The number of carbonyl (C=O) groups excluding carboxylic acids is 1. The zero-order chi connectivity index (χ0) is 25.9. The van der Waals surface area contributed by atoms with Gasteiger partial charge in [0.15, 0.2) is 5.65 Å². The van der Waals surface area contributed by atoms with Crippen LogP contribution >= 0.6 is 11.6 Å². The van der Waals surface area contributed by atoms with Crippen LogP contribution in [0.2, 0.25) is 5.02 Å². The molecule has 3 heterocycles. The first-order chi connectivity index (χ1) is 17.9. The van der Waals surface area contributed by atoms with Crippen LogP contribution < -0.4 is 10.2 Å². The SMILES string of the molecule is Cc1ccc(NC(=O)N2CCN(c3nc(CCC(C)C)nc4c3cnn4-c3cccc(Cl)c3)CC2)cc1. The molecule has 1 aliphatic rings. The molecule has 0 bridgehead atoms. The van der Waals surface area contributed by atoms with Crippen molar-refractivity contribution < 1.29 is 4.79 Å². The molecule has 1 N–H and O–H groups in total. The summed E-state index contributed by atoms with van der Waals surface area (Å²) in [4.78, 5) is 26.8. The van der Waals surface area contributed by atoms with Crippen molar-refractivity contribution in [3.63, 3.8) is 0 Å². The summed E-state index contributed by atoms with van der Waals surface area (Å²) >= 11 is 6.26. The molecule has 0 aliphatic carbocycles. The van der Waals surface area contributed by atoms with Crippen LogP contribution in [-0.4, -0.2) is 56.9 Å². The number of fused-ring (bicyclic) bond motifs is 1. The third-order valence-corrected chi connectivity index (χ3v) is 6.86. The Morgan fingerprint density at radius 3 is 2.51 bits per heavy atom. The smallest absolute Gasteiger partial charge is 0.321 e. The quantitative estimate of drug-likeness (QED) is 0.354. The topological polar surface area (TPSA) is 79.2 Å². The van der Waals surface area contributed by atoms with E-state index in [1.807, 2.05) is 71.2 Å². The van der Waals surface area contributed by atoms with E-state index >= 15 is 0 Å². The van der Waals surface area contributed by atoms with Gasteiger partial charge in [-0.15, -0.1) is 0 Å². The van der Waals surface area contributed by atoms with Crippen molar-refractivity contribution in [2.24, 2.45) is 5.92 Å². The van der Waals surface area contributed by atoms with Crippen molar-refractivity contribution in [3.8, 4) is 5.69 Å². The summed E-state index contributed by atoms with van der Waals surface area (Å²) in [5.41, 5.74) is 3.60. The van der Waals surface area contributed by atoms with E-state index in [4.69, 9.17) is 21.6 Å². The molecule has 0 saturated carbocycles. The first kappa shape index (κ1) is 25.0. The van der Waals surface area contributed by atoms with E-state index in [0.717, 1.165) is 52.5 Å². The van der Waals surface area contributed by atoms with E-state index in [1.54, 1.807) is 0 Å². The number of halogens is 1. The zero-order valence-corrected chi connectivity index (χ0v) is 22.2. The first-order valence-electron chi connectivity index (χ1n) is 12.8. The number of aromatic nitrogens is 4. The molecule has 0 spiro atoms.